The van der Waals surface area contributed by atoms with Gasteiger partial charge in [-0.15, -0.1) is 0 Å². The number of hydrogen-bond acceptors (Lipinski definition) is 4. The first kappa shape index (κ1) is 14.4. The molecule has 0 amide bonds. The average Bonchev–Trinajstić information content (AvgIpc) is 2.86. The lowest BCUT2D eigenvalue weighted by Crippen LogP contribution is -2.29. The van der Waals surface area contributed by atoms with E-state index in [1.54, 1.807) is 23.2 Å². The van der Waals surface area contributed by atoms with Gasteiger partial charge in [0.15, 0.2) is 5.82 Å². The van der Waals surface area contributed by atoms with E-state index in [4.69, 9.17) is 4.42 Å². The maximum absolute atomic E-state index is 12.3. The van der Waals surface area contributed by atoms with Crippen LogP contribution in [-0.2, 0) is 13.0 Å². The number of aromatic nitrogens is 2. The molecule has 2 aromatic rings. The maximum atomic E-state index is 12.3. The van der Waals surface area contributed by atoms with Crippen molar-refractivity contribution in [3.8, 4) is 0 Å². The summed E-state index contributed by atoms with van der Waals surface area (Å²) in [6.45, 7) is 6.87. The molecule has 0 spiro atoms. The molecule has 1 atom stereocenters. The third kappa shape index (κ3) is 3.73. The minimum atomic E-state index is -0.0764. The predicted octanol–water partition coefficient (Wildman–Crippen LogP) is 2.54. The highest BCUT2D eigenvalue weighted by atomic mass is 16.3. The van der Waals surface area contributed by atoms with Crippen LogP contribution in [0.2, 0.25) is 0 Å². The summed E-state index contributed by atoms with van der Waals surface area (Å²) in [5.41, 5.74) is -0.0764. The highest BCUT2D eigenvalue weighted by Crippen LogP contribution is 2.07. The second-order valence-corrected chi connectivity index (χ2v) is 5.46. The van der Waals surface area contributed by atoms with Crippen molar-refractivity contribution in [1.29, 1.82) is 0 Å². The summed E-state index contributed by atoms with van der Waals surface area (Å²) >= 11 is 0. The normalized spacial score (nSPS) is 12.6. The van der Waals surface area contributed by atoms with Crippen molar-refractivity contribution in [2.24, 2.45) is 5.92 Å². The Bertz CT molecular complexity index is 587. The van der Waals surface area contributed by atoms with E-state index in [9.17, 15) is 4.79 Å². The van der Waals surface area contributed by atoms with Crippen LogP contribution in [0.15, 0.2) is 40.0 Å². The van der Waals surface area contributed by atoms with Crippen molar-refractivity contribution in [3.63, 3.8) is 0 Å². The Labute approximate surface area is 118 Å². The topological polar surface area (TPSA) is 60.1 Å². The molecule has 2 aromatic heterocycles. The lowest BCUT2D eigenvalue weighted by atomic mass is 10.2. The first-order valence-corrected chi connectivity index (χ1v) is 6.90. The van der Waals surface area contributed by atoms with Gasteiger partial charge < -0.3 is 14.3 Å². The maximum Gasteiger partial charge on any atom is 0.293 e. The lowest BCUT2D eigenvalue weighted by molar-refractivity contribution is 0.495. The van der Waals surface area contributed by atoms with Crippen molar-refractivity contribution in [3.05, 3.63) is 46.9 Å². The molecular weight excluding hydrogens is 254 g/mol. The molecule has 2 heterocycles. The minimum absolute atomic E-state index is 0.0764. The van der Waals surface area contributed by atoms with Gasteiger partial charge in [-0.05, 0) is 25.0 Å². The number of furan rings is 1. The molecule has 1 unspecified atom stereocenters. The van der Waals surface area contributed by atoms with Gasteiger partial charge in [0.25, 0.3) is 5.56 Å². The Morgan fingerprint density at radius 1 is 1.40 bits per heavy atom. The van der Waals surface area contributed by atoms with Crippen LogP contribution in [0.1, 0.15) is 26.5 Å². The van der Waals surface area contributed by atoms with Gasteiger partial charge in [0.1, 0.15) is 5.76 Å². The van der Waals surface area contributed by atoms with Crippen LogP contribution in [0.5, 0.6) is 0 Å². The molecule has 1 N–H and O–H groups in total. The van der Waals surface area contributed by atoms with Gasteiger partial charge in [0.05, 0.1) is 6.26 Å². The largest absolute Gasteiger partial charge is 0.469 e. The molecule has 5 heteroatoms. The average molecular weight is 275 g/mol. The van der Waals surface area contributed by atoms with E-state index in [0.29, 0.717) is 24.7 Å². The Hall–Kier alpha value is -2.04. The summed E-state index contributed by atoms with van der Waals surface area (Å²) in [5.74, 6) is 1.71. The Kier molecular flexibility index (Phi) is 4.61. The van der Waals surface area contributed by atoms with Crippen LogP contribution < -0.4 is 10.9 Å². The summed E-state index contributed by atoms with van der Waals surface area (Å²) in [6, 6.07) is 3.86. The molecule has 0 saturated heterocycles. The van der Waals surface area contributed by atoms with Gasteiger partial charge in [-0.2, -0.15) is 0 Å². The number of hydrogen-bond donors (Lipinski definition) is 1. The second-order valence-electron chi connectivity index (χ2n) is 5.46. The number of anilines is 1. The van der Waals surface area contributed by atoms with Crippen molar-refractivity contribution < 1.29 is 4.42 Å². The molecule has 2 rings (SSSR count). The summed E-state index contributed by atoms with van der Waals surface area (Å²) in [4.78, 5) is 16.4. The quantitative estimate of drug-likeness (QED) is 0.880. The molecule has 108 valence electrons. The summed E-state index contributed by atoms with van der Waals surface area (Å²) in [5, 5.41) is 3.16. The molecule has 0 radical (unpaired) electrons. The monoisotopic (exact) mass is 275 g/mol. The van der Waals surface area contributed by atoms with Crippen molar-refractivity contribution >= 4 is 5.82 Å². The van der Waals surface area contributed by atoms with Crippen LogP contribution in [0, 0.1) is 5.92 Å². The van der Waals surface area contributed by atoms with Crippen LogP contribution in [0.3, 0.4) is 0 Å². The molecule has 0 aliphatic carbocycles. The third-order valence-electron chi connectivity index (χ3n) is 2.95. The summed E-state index contributed by atoms with van der Waals surface area (Å²) in [6.07, 6.45) is 5.75. The van der Waals surface area contributed by atoms with Gasteiger partial charge in [0, 0.05) is 31.4 Å². The van der Waals surface area contributed by atoms with E-state index < -0.39 is 0 Å². The van der Waals surface area contributed by atoms with Crippen molar-refractivity contribution in [1.82, 2.24) is 9.55 Å². The molecule has 0 saturated carbocycles. The molecule has 0 bridgehead atoms. The zero-order valence-electron chi connectivity index (χ0n) is 12.2. The fraction of sp³-hybridized carbons (Fsp3) is 0.467. The van der Waals surface area contributed by atoms with Crippen molar-refractivity contribution in [2.45, 2.75) is 39.8 Å². The Balaban J connectivity index is 2.07. The fourth-order valence-electron chi connectivity index (χ4n) is 2.10. The molecule has 0 aliphatic heterocycles. The zero-order chi connectivity index (χ0) is 14.5. The molecule has 0 fully saturated rings. The molecule has 0 aromatic carbocycles. The van der Waals surface area contributed by atoms with Crippen LogP contribution >= 0.6 is 0 Å². The van der Waals surface area contributed by atoms with Crippen LogP contribution in [-0.4, -0.2) is 15.6 Å². The predicted molar refractivity (Wildman–Crippen MR) is 78.8 cm³/mol. The van der Waals surface area contributed by atoms with E-state index in [-0.39, 0.29) is 11.6 Å². The highest BCUT2D eigenvalue weighted by molar-refractivity contribution is 5.32. The Morgan fingerprint density at radius 2 is 2.20 bits per heavy atom. The van der Waals surface area contributed by atoms with Crippen LogP contribution in [0.25, 0.3) is 0 Å². The smallest absolute Gasteiger partial charge is 0.293 e. The molecule has 0 aliphatic rings. The molecular formula is C15H21N3O2. The summed E-state index contributed by atoms with van der Waals surface area (Å²) < 4.78 is 7.00. The molecule has 5 nitrogen and oxygen atoms in total. The van der Waals surface area contributed by atoms with Gasteiger partial charge in [-0.25, -0.2) is 4.98 Å². The Morgan fingerprint density at radius 3 is 2.85 bits per heavy atom. The van der Waals surface area contributed by atoms with E-state index in [2.05, 4.69) is 24.1 Å². The highest BCUT2D eigenvalue weighted by Gasteiger charge is 2.10. The third-order valence-corrected chi connectivity index (χ3v) is 2.95. The van der Waals surface area contributed by atoms with Crippen molar-refractivity contribution in [2.75, 3.05) is 5.32 Å². The van der Waals surface area contributed by atoms with E-state index >= 15 is 0 Å². The minimum Gasteiger partial charge on any atom is -0.469 e. The van der Waals surface area contributed by atoms with Gasteiger partial charge in [-0.1, -0.05) is 13.8 Å². The van der Waals surface area contributed by atoms with Gasteiger partial charge in [0.2, 0.25) is 0 Å². The second kappa shape index (κ2) is 6.41. The van der Waals surface area contributed by atoms with Crippen LogP contribution in [0.4, 0.5) is 5.82 Å². The van der Waals surface area contributed by atoms with E-state index in [1.165, 1.54) is 0 Å². The standard InChI is InChI=1S/C15H21N3O2/c1-11(2)10-18-7-6-16-14(15(18)19)17-12(3)9-13-5-4-8-20-13/h4-8,11-12H,9-10H2,1-3H3,(H,16,17). The molecule has 20 heavy (non-hydrogen) atoms. The summed E-state index contributed by atoms with van der Waals surface area (Å²) in [7, 11) is 0. The first-order chi connectivity index (χ1) is 9.56. The zero-order valence-corrected chi connectivity index (χ0v) is 12.2. The number of nitrogens with one attached hydrogen (secondary N) is 1. The number of nitrogens with zero attached hydrogens (tertiary/aromatic N) is 2. The fourth-order valence-corrected chi connectivity index (χ4v) is 2.10. The number of rotatable bonds is 6. The van der Waals surface area contributed by atoms with Gasteiger partial charge in [-0.3, -0.25) is 4.79 Å². The SMILES string of the molecule is CC(C)Cn1ccnc(NC(C)Cc2ccco2)c1=O. The van der Waals surface area contributed by atoms with Gasteiger partial charge >= 0.3 is 0 Å². The van der Waals surface area contributed by atoms with E-state index in [1.807, 2.05) is 19.1 Å². The van der Waals surface area contributed by atoms with E-state index in [0.717, 1.165) is 5.76 Å². The lowest BCUT2D eigenvalue weighted by Gasteiger charge is -2.14. The first-order valence-electron chi connectivity index (χ1n) is 6.90.